The van der Waals surface area contributed by atoms with Gasteiger partial charge in [0.05, 0.1) is 19.8 Å². The highest BCUT2D eigenvalue weighted by Crippen LogP contribution is 2.43. The van der Waals surface area contributed by atoms with Crippen LogP contribution in [0.1, 0.15) is 232 Å². The molecule has 0 aromatic heterocycles. The number of aliphatic carboxylic acids is 1. The average molecular weight is 988 g/mol. The predicted octanol–water partition coefficient (Wildman–Crippen LogP) is 16.7. The molecule has 11 heteroatoms. The number of allylic oxidation sites excluding steroid dienone is 14. The molecule has 0 aliphatic rings. The first-order valence-corrected chi connectivity index (χ1v) is 29.1. The van der Waals surface area contributed by atoms with E-state index in [0.717, 1.165) is 96.3 Å². The standard InChI is InChI=1S/C58H102NO9P/c1-3-5-7-9-11-13-15-17-19-21-23-25-27-29-31-33-35-37-39-41-43-45-47-49-51-65-52-55(53-66-69(63,64)67-54-56(59)58(61)62)68-57(60)50-48-46-44-42-40-38-36-34-32-30-28-26-24-22-20-18-16-14-12-10-8-6-4-2/h5,7,11,13,17,19,22-25,29,31,35,37,55-56H,3-4,6,8-10,12,14-16,18,20-21,26-28,30,32-34,36,38-54,59H2,1-2H3,(H,61,62)(H,63,64)/b7-5-,13-11-,19-17-,24-22-,25-23-,31-29-,37-35-. The Kier molecular flexibility index (Phi) is 50.8. The highest BCUT2D eigenvalue weighted by molar-refractivity contribution is 7.47. The van der Waals surface area contributed by atoms with Crippen LogP contribution in [0.3, 0.4) is 0 Å². The number of carbonyl (C=O) groups is 2. The molecule has 0 aromatic carbocycles. The number of carboxylic acid groups (broad SMARTS) is 1. The molecule has 0 amide bonds. The van der Waals surface area contributed by atoms with E-state index in [9.17, 15) is 19.0 Å². The number of rotatable bonds is 52. The number of hydrogen-bond donors (Lipinski definition) is 3. The van der Waals surface area contributed by atoms with Crippen molar-refractivity contribution in [1.82, 2.24) is 0 Å². The first-order valence-electron chi connectivity index (χ1n) is 27.6. The third-order valence-corrected chi connectivity index (χ3v) is 12.6. The van der Waals surface area contributed by atoms with Gasteiger partial charge in [0.2, 0.25) is 0 Å². The smallest absolute Gasteiger partial charge is 0.472 e. The molecule has 3 atom stereocenters. The zero-order chi connectivity index (χ0) is 50.4. The number of phosphoric acid groups is 1. The van der Waals surface area contributed by atoms with E-state index in [0.29, 0.717) is 13.0 Å². The van der Waals surface area contributed by atoms with E-state index in [1.807, 2.05) is 0 Å². The van der Waals surface area contributed by atoms with Gasteiger partial charge in [0.25, 0.3) is 0 Å². The average Bonchev–Trinajstić information content (AvgIpc) is 3.33. The monoisotopic (exact) mass is 988 g/mol. The molecule has 69 heavy (non-hydrogen) atoms. The van der Waals surface area contributed by atoms with Gasteiger partial charge in [0.15, 0.2) is 0 Å². The van der Waals surface area contributed by atoms with Crippen molar-refractivity contribution in [3.8, 4) is 0 Å². The van der Waals surface area contributed by atoms with Crippen LogP contribution in [-0.2, 0) is 32.7 Å². The van der Waals surface area contributed by atoms with Gasteiger partial charge >= 0.3 is 19.8 Å². The van der Waals surface area contributed by atoms with E-state index in [1.54, 1.807) is 0 Å². The second-order valence-corrected chi connectivity index (χ2v) is 19.8. The molecule has 0 saturated carbocycles. The zero-order valence-electron chi connectivity index (χ0n) is 43.9. The van der Waals surface area contributed by atoms with E-state index in [4.69, 9.17) is 29.4 Å². The van der Waals surface area contributed by atoms with E-state index in [1.165, 1.54) is 109 Å². The number of hydrogen-bond acceptors (Lipinski definition) is 8. The second-order valence-electron chi connectivity index (χ2n) is 18.3. The minimum atomic E-state index is -4.64. The third-order valence-electron chi connectivity index (χ3n) is 11.7. The maximum atomic E-state index is 12.7. The van der Waals surface area contributed by atoms with E-state index >= 15 is 0 Å². The molecule has 10 nitrogen and oxygen atoms in total. The summed E-state index contributed by atoms with van der Waals surface area (Å²) in [6, 6.07) is -1.48. The number of unbranched alkanes of at least 4 members (excludes halogenated alkanes) is 24. The number of esters is 1. The minimum absolute atomic E-state index is 0.000484. The van der Waals surface area contributed by atoms with Crippen molar-refractivity contribution in [1.29, 1.82) is 0 Å². The van der Waals surface area contributed by atoms with Crippen LogP contribution in [0.4, 0.5) is 0 Å². The molecule has 0 saturated heterocycles. The SMILES string of the molecule is CC/C=C\C/C=C\C/C=C\C/C=C\C/C=C\C/C=C\CCCCCCCOCC(COP(=O)(O)OCC(N)C(=O)O)OC(=O)CCCCCCCCCCCCC/C=C\CCCCCCCCCC. The summed E-state index contributed by atoms with van der Waals surface area (Å²) in [5.74, 6) is -1.79. The van der Waals surface area contributed by atoms with Crippen molar-refractivity contribution in [3.63, 3.8) is 0 Å². The first-order chi connectivity index (χ1) is 33.7. The normalized spacial score (nSPS) is 14.3. The number of nitrogens with two attached hydrogens (primary N) is 1. The maximum Gasteiger partial charge on any atom is 0.472 e. The molecule has 398 valence electrons. The Balaban J connectivity index is 4.16. The molecule has 0 aliphatic carbocycles. The quantitative estimate of drug-likeness (QED) is 0.0232. The lowest BCUT2D eigenvalue weighted by Crippen LogP contribution is -2.34. The molecule has 4 N–H and O–H groups in total. The number of carbonyl (C=O) groups excluding carboxylic acids is 1. The molecule has 0 radical (unpaired) electrons. The van der Waals surface area contributed by atoms with Gasteiger partial charge in [-0.15, -0.1) is 0 Å². The van der Waals surface area contributed by atoms with Gasteiger partial charge in [0, 0.05) is 13.0 Å². The second kappa shape index (κ2) is 53.0. The summed E-state index contributed by atoms with van der Waals surface area (Å²) in [5.41, 5.74) is 5.38. The summed E-state index contributed by atoms with van der Waals surface area (Å²) in [6.07, 6.45) is 69.3. The zero-order valence-corrected chi connectivity index (χ0v) is 44.8. The molecule has 0 bridgehead atoms. The summed E-state index contributed by atoms with van der Waals surface area (Å²) in [6.45, 7) is 3.74. The molecule has 0 rings (SSSR count). The molecule has 0 aliphatic heterocycles. The lowest BCUT2D eigenvalue weighted by atomic mass is 10.0. The van der Waals surface area contributed by atoms with Crippen LogP contribution in [0.5, 0.6) is 0 Å². The van der Waals surface area contributed by atoms with E-state index < -0.39 is 45.1 Å². The summed E-state index contributed by atoms with van der Waals surface area (Å²) in [5, 5.41) is 8.95. The van der Waals surface area contributed by atoms with Crippen LogP contribution in [0.2, 0.25) is 0 Å². The van der Waals surface area contributed by atoms with Gasteiger partial charge in [-0.3, -0.25) is 18.6 Å². The van der Waals surface area contributed by atoms with Crippen LogP contribution in [-0.4, -0.2) is 60.5 Å². The Morgan fingerprint density at radius 2 is 0.841 bits per heavy atom. The third kappa shape index (κ3) is 52.8. The fourth-order valence-corrected chi connectivity index (χ4v) is 8.20. The van der Waals surface area contributed by atoms with Gasteiger partial charge in [-0.05, 0) is 89.9 Å². The summed E-state index contributed by atoms with van der Waals surface area (Å²) >= 11 is 0. The van der Waals surface area contributed by atoms with Gasteiger partial charge in [-0.25, -0.2) is 4.57 Å². The fourth-order valence-electron chi connectivity index (χ4n) is 7.43. The largest absolute Gasteiger partial charge is 0.480 e. The number of carboxylic acids is 1. The first kappa shape index (κ1) is 66.2. The lowest BCUT2D eigenvalue weighted by Gasteiger charge is -2.20. The summed E-state index contributed by atoms with van der Waals surface area (Å²) in [7, 11) is -4.64. The highest BCUT2D eigenvalue weighted by atomic mass is 31.2. The Labute approximate surface area is 422 Å². The molecule has 0 spiro atoms. The summed E-state index contributed by atoms with van der Waals surface area (Å²) in [4.78, 5) is 33.8. The van der Waals surface area contributed by atoms with Crippen molar-refractivity contribution >= 4 is 19.8 Å². The molecule has 3 unspecified atom stereocenters. The molecular weight excluding hydrogens is 886 g/mol. The number of phosphoric ester groups is 1. The van der Waals surface area contributed by atoms with Crippen molar-refractivity contribution in [2.24, 2.45) is 5.73 Å². The van der Waals surface area contributed by atoms with E-state index in [-0.39, 0.29) is 13.0 Å². The molecule has 0 fully saturated rings. The van der Waals surface area contributed by atoms with Gasteiger partial charge in [-0.1, -0.05) is 221 Å². The highest BCUT2D eigenvalue weighted by Gasteiger charge is 2.27. The van der Waals surface area contributed by atoms with Crippen molar-refractivity contribution < 1.29 is 42.7 Å². The number of ether oxygens (including phenoxy) is 2. The van der Waals surface area contributed by atoms with Crippen molar-refractivity contribution in [2.45, 2.75) is 244 Å². The van der Waals surface area contributed by atoms with Gasteiger partial charge in [-0.2, -0.15) is 0 Å². The van der Waals surface area contributed by atoms with Crippen LogP contribution in [0.25, 0.3) is 0 Å². The lowest BCUT2D eigenvalue weighted by molar-refractivity contribution is -0.154. The Hall–Kier alpha value is -2.85. The molecule has 0 heterocycles. The van der Waals surface area contributed by atoms with Crippen LogP contribution >= 0.6 is 7.82 Å². The molecular formula is C58H102NO9P. The fraction of sp³-hybridized carbons (Fsp3) is 0.724. The summed E-state index contributed by atoms with van der Waals surface area (Å²) < 4.78 is 33.6. The Morgan fingerprint density at radius 1 is 0.478 bits per heavy atom. The van der Waals surface area contributed by atoms with Crippen LogP contribution in [0.15, 0.2) is 85.1 Å². The predicted molar refractivity (Wildman–Crippen MR) is 290 cm³/mol. The Morgan fingerprint density at radius 3 is 1.28 bits per heavy atom. The van der Waals surface area contributed by atoms with Crippen LogP contribution < -0.4 is 5.73 Å². The van der Waals surface area contributed by atoms with E-state index in [2.05, 4.69) is 98.9 Å². The maximum absolute atomic E-state index is 12.7. The van der Waals surface area contributed by atoms with Crippen LogP contribution in [0, 0.1) is 0 Å². The van der Waals surface area contributed by atoms with Crippen molar-refractivity contribution in [3.05, 3.63) is 85.1 Å². The topological polar surface area (TPSA) is 155 Å². The van der Waals surface area contributed by atoms with Gasteiger partial charge < -0.3 is 25.2 Å². The minimum Gasteiger partial charge on any atom is -0.480 e. The van der Waals surface area contributed by atoms with Gasteiger partial charge in [0.1, 0.15) is 12.1 Å². The molecule has 0 aromatic rings. The van der Waals surface area contributed by atoms with Crippen molar-refractivity contribution in [2.75, 3.05) is 26.4 Å². The Bertz CT molecular complexity index is 1420.